The van der Waals surface area contributed by atoms with Gasteiger partial charge in [-0.15, -0.1) is 0 Å². The van der Waals surface area contributed by atoms with E-state index in [-0.39, 0.29) is 0 Å². The number of nitrogens with zero attached hydrogens (tertiary/aromatic N) is 1. The minimum Gasteiger partial charge on any atom is -0.395 e. The third-order valence-electron chi connectivity index (χ3n) is 2.34. The zero-order valence-electron chi connectivity index (χ0n) is 5.13. The molecule has 0 aromatic rings. The fourth-order valence-corrected chi connectivity index (χ4v) is 2.75. The zero-order valence-corrected chi connectivity index (χ0v) is 7.28. The van der Waals surface area contributed by atoms with E-state index in [0.717, 1.165) is 12.0 Å². The Labute approximate surface area is 68.7 Å². The largest absolute Gasteiger partial charge is 0.395 e. The highest BCUT2D eigenvalue weighted by atomic mass is 127. The van der Waals surface area contributed by atoms with Crippen LogP contribution in [0.4, 0.5) is 0 Å². The minimum absolute atomic E-state index is 0.343. The van der Waals surface area contributed by atoms with Crippen molar-refractivity contribution in [3.05, 3.63) is 0 Å². The second-order valence-electron chi connectivity index (χ2n) is 2.98. The minimum atomic E-state index is 0.343. The first-order valence-corrected chi connectivity index (χ1v) is 4.34. The Kier molecular flexibility index (Phi) is 1.46. The molecule has 2 aliphatic rings. The van der Waals surface area contributed by atoms with Crippen LogP contribution in [0.5, 0.6) is 0 Å². The molecule has 0 aromatic carbocycles. The number of hydrogen-bond acceptors (Lipinski definition) is 2. The van der Waals surface area contributed by atoms with Crippen LogP contribution in [0.2, 0.25) is 0 Å². The third-order valence-corrected chi connectivity index (χ3v) is 3.84. The van der Waals surface area contributed by atoms with Gasteiger partial charge in [-0.2, -0.15) is 0 Å². The van der Waals surface area contributed by atoms with Gasteiger partial charge in [-0.05, 0) is 18.8 Å². The maximum atomic E-state index is 8.83. The molecule has 1 saturated carbocycles. The lowest BCUT2D eigenvalue weighted by Crippen LogP contribution is -2.26. The maximum absolute atomic E-state index is 8.83. The van der Waals surface area contributed by atoms with Crippen LogP contribution in [0.1, 0.15) is 12.8 Å². The Hall–Kier alpha value is 0.650. The SMILES string of the molecule is OCC1CC2CC2N1I. The molecule has 3 atom stereocenters. The number of halogens is 1. The standard InChI is InChI=1S/C6H10INO/c7-8-5(3-9)1-4-2-6(4)8/h4-6,9H,1-3H2. The second kappa shape index (κ2) is 2.07. The Morgan fingerprint density at radius 1 is 1.56 bits per heavy atom. The summed E-state index contributed by atoms with van der Waals surface area (Å²) in [5, 5.41) is 8.83. The molecule has 0 aromatic heterocycles. The topological polar surface area (TPSA) is 23.5 Å². The highest BCUT2D eigenvalue weighted by Crippen LogP contribution is 2.49. The van der Waals surface area contributed by atoms with Gasteiger partial charge in [0.2, 0.25) is 0 Å². The molecule has 52 valence electrons. The number of rotatable bonds is 1. The third kappa shape index (κ3) is 0.897. The molecule has 3 heteroatoms. The van der Waals surface area contributed by atoms with Crippen LogP contribution in [0.25, 0.3) is 0 Å². The van der Waals surface area contributed by atoms with Crippen molar-refractivity contribution in [2.45, 2.75) is 24.9 Å². The number of hydrogen-bond donors (Lipinski definition) is 1. The van der Waals surface area contributed by atoms with Crippen molar-refractivity contribution >= 4 is 22.9 Å². The Bertz CT molecular complexity index is 130. The first kappa shape index (κ1) is 6.37. The summed E-state index contributed by atoms with van der Waals surface area (Å²) >= 11 is 2.34. The number of piperidine rings is 1. The van der Waals surface area contributed by atoms with E-state index >= 15 is 0 Å². The van der Waals surface area contributed by atoms with E-state index in [9.17, 15) is 0 Å². The normalized spacial score (nSPS) is 49.3. The van der Waals surface area contributed by atoms with Crippen LogP contribution in [0.3, 0.4) is 0 Å². The maximum Gasteiger partial charge on any atom is 0.0595 e. The van der Waals surface area contributed by atoms with Crippen LogP contribution in [-0.2, 0) is 0 Å². The summed E-state index contributed by atoms with van der Waals surface area (Å²) in [5.41, 5.74) is 0. The average Bonchev–Trinajstić information content (AvgIpc) is 2.55. The van der Waals surface area contributed by atoms with Crippen molar-refractivity contribution < 1.29 is 5.11 Å². The molecule has 1 aliphatic carbocycles. The van der Waals surface area contributed by atoms with Gasteiger partial charge >= 0.3 is 0 Å². The van der Waals surface area contributed by atoms with Crippen LogP contribution in [-0.4, -0.2) is 26.9 Å². The molecule has 9 heavy (non-hydrogen) atoms. The quantitative estimate of drug-likeness (QED) is 0.540. The molecule has 1 heterocycles. The zero-order chi connectivity index (χ0) is 6.43. The van der Waals surface area contributed by atoms with Gasteiger partial charge in [0.25, 0.3) is 0 Å². The summed E-state index contributed by atoms with van der Waals surface area (Å²) in [6.07, 6.45) is 2.60. The smallest absolute Gasteiger partial charge is 0.0595 e. The number of fused-ring (bicyclic) bond motifs is 1. The molecule has 0 bridgehead atoms. The summed E-state index contributed by atoms with van der Waals surface area (Å²) < 4.78 is 2.29. The second-order valence-corrected chi connectivity index (χ2v) is 4.09. The van der Waals surface area contributed by atoms with Gasteiger partial charge in [0, 0.05) is 34.9 Å². The highest BCUT2D eigenvalue weighted by molar-refractivity contribution is 14.1. The summed E-state index contributed by atoms with van der Waals surface area (Å²) in [6, 6.07) is 1.29. The molecule has 0 spiro atoms. The number of aliphatic hydroxyl groups excluding tert-OH is 1. The van der Waals surface area contributed by atoms with Crippen molar-refractivity contribution in [3.8, 4) is 0 Å². The van der Waals surface area contributed by atoms with Crippen molar-refractivity contribution in [1.29, 1.82) is 0 Å². The van der Waals surface area contributed by atoms with Crippen molar-refractivity contribution in [2.24, 2.45) is 5.92 Å². The van der Waals surface area contributed by atoms with E-state index in [1.54, 1.807) is 0 Å². The van der Waals surface area contributed by atoms with Crippen molar-refractivity contribution in [1.82, 2.24) is 3.11 Å². The molecule has 2 fully saturated rings. The average molecular weight is 239 g/mol. The van der Waals surface area contributed by atoms with Crippen LogP contribution >= 0.6 is 22.9 Å². The first-order valence-electron chi connectivity index (χ1n) is 3.38. The van der Waals surface area contributed by atoms with Gasteiger partial charge in [0.05, 0.1) is 6.61 Å². The van der Waals surface area contributed by atoms with E-state index < -0.39 is 0 Å². The molecule has 0 amide bonds. The lowest BCUT2D eigenvalue weighted by atomic mass is 10.2. The fraction of sp³-hybridized carbons (Fsp3) is 1.00. The van der Waals surface area contributed by atoms with Gasteiger partial charge in [-0.25, -0.2) is 3.11 Å². The summed E-state index contributed by atoms with van der Waals surface area (Å²) in [5.74, 6) is 0.930. The molecule has 1 N–H and O–H groups in total. The lowest BCUT2D eigenvalue weighted by molar-refractivity contribution is 0.215. The summed E-state index contributed by atoms with van der Waals surface area (Å²) in [6.45, 7) is 0.343. The number of aliphatic hydroxyl groups is 1. The van der Waals surface area contributed by atoms with Crippen molar-refractivity contribution in [2.75, 3.05) is 6.61 Å². The summed E-state index contributed by atoms with van der Waals surface area (Å²) in [4.78, 5) is 0. The van der Waals surface area contributed by atoms with Gasteiger partial charge in [0.1, 0.15) is 0 Å². The Morgan fingerprint density at radius 3 is 2.67 bits per heavy atom. The summed E-state index contributed by atoms with van der Waals surface area (Å²) in [7, 11) is 0. The molecule has 2 rings (SSSR count). The predicted octanol–water partition coefficient (Wildman–Crippen LogP) is 0.792. The Morgan fingerprint density at radius 2 is 2.33 bits per heavy atom. The highest BCUT2D eigenvalue weighted by Gasteiger charge is 2.50. The molecular weight excluding hydrogens is 229 g/mol. The van der Waals surface area contributed by atoms with Gasteiger partial charge < -0.3 is 5.11 Å². The van der Waals surface area contributed by atoms with Gasteiger partial charge in [0.15, 0.2) is 0 Å². The molecule has 2 nitrogen and oxygen atoms in total. The van der Waals surface area contributed by atoms with Gasteiger partial charge in [-0.1, -0.05) is 0 Å². The molecule has 3 unspecified atom stereocenters. The van der Waals surface area contributed by atoms with E-state index in [1.807, 2.05) is 0 Å². The van der Waals surface area contributed by atoms with E-state index in [2.05, 4.69) is 26.0 Å². The molecule has 0 radical (unpaired) electrons. The molecule has 1 saturated heterocycles. The van der Waals surface area contributed by atoms with E-state index in [1.165, 1.54) is 12.8 Å². The van der Waals surface area contributed by atoms with Gasteiger partial charge in [-0.3, -0.25) is 0 Å². The van der Waals surface area contributed by atoms with E-state index in [0.29, 0.717) is 12.6 Å². The van der Waals surface area contributed by atoms with Crippen molar-refractivity contribution in [3.63, 3.8) is 0 Å². The Balaban J connectivity index is 1.99. The monoisotopic (exact) mass is 239 g/mol. The first-order chi connectivity index (χ1) is 4.33. The molecule has 1 aliphatic heterocycles. The van der Waals surface area contributed by atoms with Crippen LogP contribution < -0.4 is 0 Å². The predicted molar refractivity (Wildman–Crippen MR) is 43.2 cm³/mol. The fourth-order valence-electron chi connectivity index (χ4n) is 1.66. The van der Waals surface area contributed by atoms with Crippen LogP contribution in [0.15, 0.2) is 0 Å². The van der Waals surface area contributed by atoms with Crippen LogP contribution in [0, 0.1) is 5.92 Å². The molecular formula is C6H10INO. The lowest BCUT2D eigenvalue weighted by Gasteiger charge is -2.17. The van der Waals surface area contributed by atoms with E-state index in [4.69, 9.17) is 5.11 Å².